The summed E-state index contributed by atoms with van der Waals surface area (Å²) in [6.07, 6.45) is 3.21. The summed E-state index contributed by atoms with van der Waals surface area (Å²) in [5.41, 5.74) is 7.03. The SMILES string of the molecule is CCOc1ccc(CCC(=O)N2CCC(N)CC2)cc1.Cl. The van der Waals surface area contributed by atoms with Crippen LogP contribution in [0.3, 0.4) is 0 Å². The normalized spacial score (nSPS) is 15.4. The van der Waals surface area contributed by atoms with E-state index in [2.05, 4.69) is 0 Å². The van der Waals surface area contributed by atoms with Gasteiger partial charge in [-0.25, -0.2) is 0 Å². The van der Waals surface area contributed by atoms with Crippen LogP contribution in [0.4, 0.5) is 0 Å². The molecule has 0 radical (unpaired) electrons. The van der Waals surface area contributed by atoms with E-state index in [1.165, 1.54) is 5.56 Å². The summed E-state index contributed by atoms with van der Waals surface area (Å²) >= 11 is 0. The minimum atomic E-state index is 0. The molecule has 0 aliphatic carbocycles. The smallest absolute Gasteiger partial charge is 0.222 e. The molecule has 1 aliphatic rings. The van der Waals surface area contributed by atoms with Gasteiger partial charge in [-0.05, 0) is 43.9 Å². The van der Waals surface area contributed by atoms with E-state index in [0.29, 0.717) is 13.0 Å². The molecule has 0 atom stereocenters. The minimum absolute atomic E-state index is 0. The van der Waals surface area contributed by atoms with Crippen LogP contribution in [0.2, 0.25) is 0 Å². The number of likely N-dealkylation sites (tertiary alicyclic amines) is 1. The monoisotopic (exact) mass is 312 g/mol. The first-order valence-corrected chi connectivity index (χ1v) is 7.44. The number of rotatable bonds is 5. The lowest BCUT2D eigenvalue weighted by Crippen LogP contribution is -2.42. The number of aryl methyl sites for hydroxylation is 1. The molecular formula is C16H25ClN2O2. The van der Waals surface area contributed by atoms with Crippen molar-refractivity contribution in [3.8, 4) is 5.75 Å². The first-order chi connectivity index (χ1) is 9.69. The molecule has 1 fully saturated rings. The quantitative estimate of drug-likeness (QED) is 0.908. The van der Waals surface area contributed by atoms with Crippen molar-refractivity contribution >= 4 is 18.3 Å². The summed E-state index contributed by atoms with van der Waals surface area (Å²) in [5, 5.41) is 0. The zero-order valence-electron chi connectivity index (χ0n) is 12.6. The van der Waals surface area contributed by atoms with Gasteiger partial charge in [0.25, 0.3) is 0 Å². The number of ether oxygens (including phenoxy) is 1. The molecule has 5 heteroatoms. The molecule has 0 aromatic heterocycles. The van der Waals surface area contributed by atoms with Crippen LogP contribution in [0.1, 0.15) is 31.7 Å². The van der Waals surface area contributed by atoms with Gasteiger partial charge in [-0.1, -0.05) is 12.1 Å². The highest BCUT2D eigenvalue weighted by molar-refractivity contribution is 5.85. The number of hydrogen-bond donors (Lipinski definition) is 1. The van der Waals surface area contributed by atoms with Crippen molar-refractivity contribution in [1.82, 2.24) is 4.90 Å². The molecule has 118 valence electrons. The Kier molecular flexibility index (Phi) is 7.54. The molecule has 1 aromatic carbocycles. The van der Waals surface area contributed by atoms with Gasteiger partial charge in [0.05, 0.1) is 6.61 Å². The lowest BCUT2D eigenvalue weighted by atomic mass is 10.0. The number of carbonyl (C=O) groups excluding carboxylic acids is 1. The zero-order chi connectivity index (χ0) is 14.4. The van der Waals surface area contributed by atoms with Crippen molar-refractivity contribution in [3.63, 3.8) is 0 Å². The summed E-state index contributed by atoms with van der Waals surface area (Å²) in [6, 6.07) is 8.26. The second kappa shape index (κ2) is 8.90. The minimum Gasteiger partial charge on any atom is -0.494 e. The Balaban J connectivity index is 0.00000220. The van der Waals surface area contributed by atoms with Gasteiger partial charge in [0, 0.05) is 25.6 Å². The summed E-state index contributed by atoms with van der Waals surface area (Å²) in [5.74, 6) is 1.12. The van der Waals surface area contributed by atoms with E-state index in [4.69, 9.17) is 10.5 Å². The highest BCUT2D eigenvalue weighted by atomic mass is 35.5. The maximum absolute atomic E-state index is 12.1. The van der Waals surface area contributed by atoms with Crippen molar-refractivity contribution in [2.24, 2.45) is 5.73 Å². The van der Waals surface area contributed by atoms with Gasteiger partial charge in [0.15, 0.2) is 0 Å². The van der Waals surface area contributed by atoms with Gasteiger partial charge in [-0.15, -0.1) is 12.4 Å². The lowest BCUT2D eigenvalue weighted by Gasteiger charge is -2.30. The van der Waals surface area contributed by atoms with E-state index in [0.717, 1.165) is 38.1 Å². The van der Waals surface area contributed by atoms with Gasteiger partial charge in [0.2, 0.25) is 5.91 Å². The van der Waals surface area contributed by atoms with Crippen LogP contribution in [-0.4, -0.2) is 36.5 Å². The summed E-state index contributed by atoms with van der Waals surface area (Å²) < 4.78 is 5.40. The Hall–Kier alpha value is -1.26. The molecule has 1 heterocycles. The Morgan fingerprint density at radius 3 is 2.48 bits per heavy atom. The predicted octanol–water partition coefficient (Wildman–Crippen LogP) is 2.39. The number of benzene rings is 1. The van der Waals surface area contributed by atoms with E-state index >= 15 is 0 Å². The number of nitrogens with two attached hydrogens (primary N) is 1. The van der Waals surface area contributed by atoms with E-state index in [1.54, 1.807) is 0 Å². The van der Waals surface area contributed by atoms with Crippen LogP contribution in [0.15, 0.2) is 24.3 Å². The van der Waals surface area contributed by atoms with Gasteiger partial charge in [-0.2, -0.15) is 0 Å². The van der Waals surface area contributed by atoms with Gasteiger partial charge in [-0.3, -0.25) is 4.79 Å². The molecule has 2 N–H and O–H groups in total. The predicted molar refractivity (Wildman–Crippen MR) is 87.0 cm³/mol. The molecule has 4 nitrogen and oxygen atoms in total. The lowest BCUT2D eigenvalue weighted by molar-refractivity contribution is -0.132. The standard InChI is InChI=1S/C16H24N2O2.ClH/c1-2-20-15-6-3-13(4-7-15)5-8-16(19)18-11-9-14(17)10-12-18;/h3-4,6-7,14H,2,5,8-12,17H2,1H3;1H. The summed E-state index contributed by atoms with van der Waals surface area (Å²) in [4.78, 5) is 14.1. The fourth-order valence-corrected chi connectivity index (χ4v) is 2.48. The van der Waals surface area contributed by atoms with Crippen LogP contribution >= 0.6 is 12.4 Å². The third-order valence-electron chi connectivity index (χ3n) is 3.75. The second-order valence-electron chi connectivity index (χ2n) is 5.30. The first-order valence-electron chi connectivity index (χ1n) is 7.44. The molecule has 2 rings (SSSR count). The number of amides is 1. The molecule has 1 aliphatic heterocycles. The van der Waals surface area contributed by atoms with Crippen LogP contribution in [-0.2, 0) is 11.2 Å². The fourth-order valence-electron chi connectivity index (χ4n) is 2.48. The zero-order valence-corrected chi connectivity index (χ0v) is 13.4. The summed E-state index contributed by atoms with van der Waals surface area (Å²) in [7, 11) is 0. The van der Waals surface area contributed by atoms with Crippen molar-refractivity contribution < 1.29 is 9.53 Å². The molecule has 1 amide bonds. The second-order valence-corrected chi connectivity index (χ2v) is 5.30. The topological polar surface area (TPSA) is 55.6 Å². The molecular weight excluding hydrogens is 288 g/mol. The molecule has 0 spiro atoms. The molecule has 1 saturated heterocycles. The first kappa shape index (κ1) is 17.8. The molecule has 0 bridgehead atoms. The third kappa shape index (κ3) is 5.56. The maximum atomic E-state index is 12.1. The third-order valence-corrected chi connectivity index (χ3v) is 3.75. The molecule has 1 aromatic rings. The Labute approximate surface area is 133 Å². The Morgan fingerprint density at radius 2 is 1.90 bits per heavy atom. The van der Waals surface area contributed by atoms with Crippen molar-refractivity contribution in [1.29, 1.82) is 0 Å². The average Bonchev–Trinajstić information content (AvgIpc) is 2.47. The summed E-state index contributed by atoms with van der Waals surface area (Å²) in [6.45, 7) is 4.26. The van der Waals surface area contributed by atoms with Gasteiger partial charge < -0.3 is 15.4 Å². The number of piperidine rings is 1. The Morgan fingerprint density at radius 1 is 1.29 bits per heavy atom. The highest BCUT2D eigenvalue weighted by Gasteiger charge is 2.19. The van der Waals surface area contributed by atoms with Crippen LogP contribution in [0, 0.1) is 0 Å². The van der Waals surface area contributed by atoms with E-state index in [1.807, 2.05) is 36.1 Å². The largest absolute Gasteiger partial charge is 0.494 e. The van der Waals surface area contributed by atoms with E-state index in [-0.39, 0.29) is 24.4 Å². The van der Waals surface area contributed by atoms with E-state index in [9.17, 15) is 4.79 Å². The van der Waals surface area contributed by atoms with Gasteiger partial charge in [0.1, 0.15) is 5.75 Å². The maximum Gasteiger partial charge on any atom is 0.222 e. The number of hydrogen-bond acceptors (Lipinski definition) is 3. The number of carbonyl (C=O) groups is 1. The molecule has 21 heavy (non-hydrogen) atoms. The van der Waals surface area contributed by atoms with Crippen molar-refractivity contribution in [3.05, 3.63) is 29.8 Å². The van der Waals surface area contributed by atoms with E-state index < -0.39 is 0 Å². The fraction of sp³-hybridized carbons (Fsp3) is 0.562. The van der Waals surface area contributed by atoms with Crippen molar-refractivity contribution in [2.45, 2.75) is 38.6 Å². The van der Waals surface area contributed by atoms with Crippen LogP contribution in [0.25, 0.3) is 0 Å². The number of nitrogens with zero attached hydrogens (tertiary/aromatic N) is 1. The van der Waals surface area contributed by atoms with Crippen molar-refractivity contribution in [2.75, 3.05) is 19.7 Å². The Bertz CT molecular complexity index is 428. The molecule has 0 saturated carbocycles. The van der Waals surface area contributed by atoms with Gasteiger partial charge >= 0.3 is 0 Å². The molecule has 0 unspecified atom stereocenters. The number of halogens is 1. The van der Waals surface area contributed by atoms with Crippen LogP contribution in [0.5, 0.6) is 5.75 Å². The average molecular weight is 313 g/mol. The van der Waals surface area contributed by atoms with Crippen LogP contribution < -0.4 is 10.5 Å². The highest BCUT2D eigenvalue weighted by Crippen LogP contribution is 2.15.